The van der Waals surface area contributed by atoms with Crippen molar-refractivity contribution in [2.24, 2.45) is 0 Å². The van der Waals surface area contributed by atoms with E-state index in [2.05, 4.69) is 9.80 Å². The number of ether oxygens (including phenoxy) is 2. The first-order valence-electron chi connectivity index (χ1n) is 10.3. The van der Waals surface area contributed by atoms with Crippen molar-refractivity contribution in [3.05, 3.63) is 29.7 Å². The zero-order valence-corrected chi connectivity index (χ0v) is 17.4. The van der Waals surface area contributed by atoms with Crippen molar-refractivity contribution < 1.29 is 18.7 Å². The van der Waals surface area contributed by atoms with Crippen molar-refractivity contribution in [2.75, 3.05) is 33.9 Å². The number of carbonyl (C=O) groups is 1. The minimum atomic E-state index is 0.235. The maximum atomic E-state index is 12.7. The molecular formula is C22H29N3O4. The van der Waals surface area contributed by atoms with Crippen LogP contribution in [0.25, 0.3) is 11.5 Å². The van der Waals surface area contributed by atoms with Crippen LogP contribution in [0.3, 0.4) is 0 Å². The number of methoxy groups -OCH3 is 2. The van der Waals surface area contributed by atoms with Crippen molar-refractivity contribution in [1.29, 1.82) is 0 Å². The minimum Gasteiger partial charge on any atom is -0.497 e. The molecule has 0 radical (unpaired) electrons. The smallest absolute Gasteiger partial charge is 0.237 e. The molecule has 7 heteroatoms. The molecule has 1 aliphatic heterocycles. The van der Waals surface area contributed by atoms with Crippen LogP contribution in [0.2, 0.25) is 0 Å². The van der Waals surface area contributed by atoms with Gasteiger partial charge in [0.15, 0.2) is 0 Å². The van der Waals surface area contributed by atoms with Gasteiger partial charge >= 0.3 is 0 Å². The highest BCUT2D eigenvalue weighted by Crippen LogP contribution is 2.34. The van der Waals surface area contributed by atoms with Gasteiger partial charge in [0.1, 0.15) is 17.3 Å². The molecule has 1 aliphatic carbocycles. The van der Waals surface area contributed by atoms with Gasteiger partial charge in [-0.2, -0.15) is 0 Å². The van der Waals surface area contributed by atoms with E-state index in [1.807, 2.05) is 25.1 Å². The van der Waals surface area contributed by atoms with Crippen LogP contribution in [0.1, 0.15) is 37.1 Å². The molecule has 1 amide bonds. The highest BCUT2D eigenvalue weighted by Gasteiger charge is 2.31. The molecule has 2 fully saturated rings. The third-order valence-electron chi connectivity index (χ3n) is 6.00. The molecule has 1 saturated heterocycles. The fourth-order valence-electron chi connectivity index (χ4n) is 4.36. The van der Waals surface area contributed by atoms with Crippen LogP contribution < -0.4 is 9.47 Å². The van der Waals surface area contributed by atoms with Crippen molar-refractivity contribution in [1.82, 2.24) is 14.8 Å². The first kappa shape index (κ1) is 19.8. The van der Waals surface area contributed by atoms with Crippen LogP contribution in [0.4, 0.5) is 0 Å². The fourth-order valence-corrected chi connectivity index (χ4v) is 4.36. The summed E-state index contributed by atoms with van der Waals surface area (Å²) in [6, 6.07) is 5.99. The van der Waals surface area contributed by atoms with E-state index >= 15 is 0 Å². The Labute approximate surface area is 171 Å². The molecule has 0 N–H and O–H groups in total. The second-order valence-electron chi connectivity index (χ2n) is 7.82. The number of aromatic nitrogens is 1. The number of aryl methyl sites for hydroxylation is 1. The lowest BCUT2D eigenvalue weighted by Gasteiger charge is -2.37. The number of nitrogens with zero attached hydrogens (tertiary/aromatic N) is 3. The third kappa shape index (κ3) is 4.10. The third-order valence-corrected chi connectivity index (χ3v) is 6.00. The topological polar surface area (TPSA) is 68.0 Å². The van der Waals surface area contributed by atoms with Gasteiger partial charge in [-0.25, -0.2) is 4.98 Å². The number of hydrogen-bond acceptors (Lipinski definition) is 6. The summed E-state index contributed by atoms with van der Waals surface area (Å²) >= 11 is 0. The summed E-state index contributed by atoms with van der Waals surface area (Å²) in [6.45, 7) is 4.63. The Balaban J connectivity index is 1.47. The van der Waals surface area contributed by atoms with E-state index in [0.717, 1.165) is 42.9 Å². The van der Waals surface area contributed by atoms with Crippen LogP contribution in [-0.4, -0.2) is 60.6 Å². The average molecular weight is 399 g/mol. The molecule has 156 valence electrons. The number of oxazole rings is 1. The van der Waals surface area contributed by atoms with E-state index in [9.17, 15) is 4.79 Å². The fraction of sp³-hybridized carbons (Fsp3) is 0.545. The molecule has 4 rings (SSSR count). The van der Waals surface area contributed by atoms with Crippen molar-refractivity contribution in [2.45, 2.75) is 45.2 Å². The number of piperazine rings is 1. The van der Waals surface area contributed by atoms with Crippen LogP contribution in [0.5, 0.6) is 11.5 Å². The molecule has 7 nitrogen and oxygen atoms in total. The first-order chi connectivity index (χ1) is 14.1. The molecule has 1 saturated carbocycles. The molecule has 29 heavy (non-hydrogen) atoms. The van der Waals surface area contributed by atoms with Crippen LogP contribution >= 0.6 is 0 Å². The van der Waals surface area contributed by atoms with E-state index in [-0.39, 0.29) is 5.91 Å². The quantitative estimate of drug-likeness (QED) is 0.743. The van der Waals surface area contributed by atoms with E-state index in [1.54, 1.807) is 14.2 Å². The Bertz CT molecular complexity index is 873. The van der Waals surface area contributed by atoms with E-state index < -0.39 is 0 Å². The number of amides is 1. The monoisotopic (exact) mass is 399 g/mol. The Hall–Kier alpha value is -2.54. The first-order valence-corrected chi connectivity index (χ1v) is 10.3. The Morgan fingerprint density at radius 3 is 2.66 bits per heavy atom. The summed E-state index contributed by atoms with van der Waals surface area (Å²) in [7, 11) is 3.25. The molecule has 2 heterocycles. The maximum Gasteiger partial charge on any atom is 0.237 e. The molecular weight excluding hydrogens is 370 g/mol. The normalized spacial score (nSPS) is 18.4. The number of hydrogen-bond donors (Lipinski definition) is 0. The molecule has 2 aromatic rings. The van der Waals surface area contributed by atoms with Gasteiger partial charge in [0.2, 0.25) is 11.8 Å². The van der Waals surface area contributed by atoms with Crippen molar-refractivity contribution in [3.63, 3.8) is 0 Å². The van der Waals surface area contributed by atoms with E-state index in [1.165, 1.54) is 12.8 Å². The molecule has 1 aromatic carbocycles. The Morgan fingerprint density at radius 2 is 1.97 bits per heavy atom. The molecule has 2 aliphatic rings. The summed E-state index contributed by atoms with van der Waals surface area (Å²) in [5, 5.41) is 0. The second kappa shape index (κ2) is 8.45. The van der Waals surface area contributed by atoms with Crippen LogP contribution in [0.15, 0.2) is 22.6 Å². The van der Waals surface area contributed by atoms with Gasteiger partial charge < -0.3 is 18.8 Å². The SMILES string of the molecule is COc1ccc(OC)c(-c2nc(CN3CCN(C4CCCC4)C(=O)C3)c(C)o2)c1. The minimum absolute atomic E-state index is 0.235. The summed E-state index contributed by atoms with van der Waals surface area (Å²) < 4.78 is 16.7. The summed E-state index contributed by atoms with van der Waals surface area (Å²) in [5.74, 6) is 2.89. The van der Waals surface area contributed by atoms with Gasteiger partial charge in [-0.05, 0) is 38.0 Å². The average Bonchev–Trinajstić information content (AvgIpc) is 3.38. The highest BCUT2D eigenvalue weighted by atomic mass is 16.5. The lowest BCUT2D eigenvalue weighted by molar-refractivity contribution is -0.138. The summed E-state index contributed by atoms with van der Waals surface area (Å²) in [6.07, 6.45) is 4.79. The van der Waals surface area contributed by atoms with Gasteiger partial charge in [-0.3, -0.25) is 9.69 Å². The molecule has 0 atom stereocenters. The Kier molecular flexibility index (Phi) is 5.76. The zero-order valence-electron chi connectivity index (χ0n) is 17.4. The largest absolute Gasteiger partial charge is 0.497 e. The second-order valence-corrected chi connectivity index (χ2v) is 7.82. The summed E-state index contributed by atoms with van der Waals surface area (Å²) in [5.41, 5.74) is 1.61. The molecule has 0 bridgehead atoms. The zero-order chi connectivity index (χ0) is 20.4. The molecule has 1 aromatic heterocycles. The Morgan fingerprint density at radius 1 is 1.17 bits per heavy atom. The lowest BCUT2D eigenvalue weighted by Crippen LogP contribution is -2.53. The number of carbonyl (C=O) groups excluding carboxylic acids is 1. The molecule has 0 unspecified atom stereocenters. The van der Waals surface area contributed by atoms with Crippen molar-refractivity contribution in [3.8, 4) is 23.0 Å². The van der Waals surface area contributed by atoms with Crippen molar-refractivity contribution >= 4 is 5.91 Å². The number of rotatable bonds is 6. The highest BCUT2D eigenvalue weighted by molar-refractivity contribution is 5.79. The predicted molar refractivity (Wildman–Crippen MR) is 109 cm³/mol. The molecule has 0 spiro atoms. The summed E-state index contributed by atoms with van der Waals surface area (Å²) in [4.78, 5) is 21.6. The van der Waals surface area contributed by atoms with Crippen LogP contribution in [0, 0.1) is 6.92 Å². The van der Waals surface area contributed by atoms with Gasteiger partial charge in [0.25, 0.3) is 0 Å². The predicted octanol–water partition coefficient (Wildman–Crippen LogP) is 3.25. The maximum absolute atomic E-state index is 12.7. The van der Waals surface area contributed by atoms with Gasteiger partial charge in [-0.15, -0.1) is 0 Å². The lowest BCUT2D eigenvalue weighted by atomic mass is 10.1. The van der Waals surface area contributed by atoms with E-state index in [0.29, 0.717) is 36.5 Å². The standard InChI is InChI=1S/C22H29N3O4/c1-15-19(13-24-10-11-25(21(26)14-24)16-6-4-5-7-16)23-22(29-15)18-12-17(27-2)8-9-20(18)28-3/h8-9,12,16H,4-7,10-11,13-14H2,1-3H3. The van der Waals surface area contributed by atoms with E-state index in [4.69, 9.17) is 18.9 Å². The van der Waals surface area contributed by atoms with Gasteiger partial charge in [-0.1, -0.05) is 12.8 Å². The van der Waals surface area contributed by atoms with Crippen LogP contribution in [-0.2, 0) is 11.3 Å². The van der Waals surface area contributed by atoms with Gasteiger partial charge in [0, 0.05) is 25.7 Å². The van der Waals surface area contributed by atoms with Gasteiger partial charge in [0.05, 0.1) is 32.0 Å². The number of benzene rings is 1.